The summed E-state index contributed by atoms with van der Waals surface area (Å²) in [4.78, 5) is 97.5. The molecule has 1 amide bonds. The van der Waals surface area contributed by atoms with E-state index in [1.807, 2.05) is 86.0 Å². The van der Waals surface area contributed by atoms with Crippen LogP contribution in [-0.4, -0.2) is 171 Å². The summed E-state index contributed by atoms with van der Waals surface area (Å²) in [6, 6.07) is 7.08. The van der Waals surface area contributed by atoms with Gasteiger partial charge in [-0.1, -0.05) is 33.2 Å². The third kappa shape index (κ3) is 40.1. The quantitative estimate of drug-likeness (QED) is 0.0372. The molecule has 0 saturated carbocycles. The van der Waals surface area contributed by atoms with Crippen molar-refractivity contribution in [2.24, 2.45) is 35.3 Å². The molecule has 5 atom stereocenters. The van der Waals surface area contributed by atoms with Crippen molar-refractivity contribution in [3.63, 3.8) is 0 Å². The van der Waals surface area contributed by atoms with Crippen LogP contribution in [-0.2, 0) is 160 Å². The van der Waals surface area contributed by atoms with Gasteiger partial charge in [0.2, 0.25) is 11.2 Å². The van der Waals surface area contributed by atoms with E-state index in [1.165, 1.54) is 18.0 Å². The van der Waals surface area contributed by atoms with E-state index in [0.717, 1.165) is 109 Å². The van der Waals surface area contributed by atoms with Gasteiger partial charge in [0.05, 0.1) is 66.9 Å². The molecule has 10 N–H and O–H groups in total. The number of amides is 1. The molecule has 5 unspecified atom stereocenters. The Hall–Kier alpha value is -3.64. The Bertz CT molecular complexity index is 2840. The van der Waals surface area contributed by atoms with Gasteiger partial charge in [0.1, 0.15) is 5.82 Å². The van der Waals surface area contributed by atoms with Crippen molar-refractivity contribution in [1.29, 1.82) is 0 Å². The number of esters is 3. The Labute approximate surface area is 687 Å². The number of carbonyl (C=O) groups excluding carboxylic acids is 4. The van der Waals surface area contributed by atoms with Crippen LogP contribution in [0, 0.1) is 56.3 Å². The van der Waals surface area contributed by atoms with E-state index in [9.17, 15) is 24.0 Å². The van der Waals surface area contributed by atoms with Crippen molar-refractivity contribution in [3.8, 4) is 0 Å². The molecule has 566 valence electrons. The molecule has 4 aromatic rings. The second-order valence-corrected chi connectivity index (χ2v) is 24.9. The first-order valence-electron chi connectivity index (χ1n) is 31.9. The predicted octanol–water partition coefficient (Wildman–Crippen LogP) is 11.7. The maximum absolute atomic E-state index is 12.5. The van der Waals surface area contributed by atoms with Crippen molar-refractivity contribution < 1.29 is 165 Å². The fourth-order valence-electron chi connectivity index (χ4n) is 9.99. The summed E-state index contributed by atoms with van der Waals surface area (Å²) >= 11 is 5.77. The van der Waals surface area contributed by atoms with E-state index in [4.69, 9.17) is 53.9 Å². The van der Waals surface area contributed by atoms with E-state index in [1.54, 1.807) is 42.9 Å². The number of hydrogen-bond acceptors (Lipinski definition) is 22. The average Bonchev–Trinajstić information content (AvgIpc) is 0.839. The molecule has 4 aromatic heterocycles. The summed E-state index contributed by atoms with van der Waals surface area (Å²) in [5, 5.41) is 15.5. The fraction of sp³-hybridized carbons (Fsp3) is 0.621. The number of carboxylic acids is 1. The summed E-state index contributed by atoms with van der Waals surface area (Å²) in [6.07, 6.45) is 15.4. The van der Waals surface area contributed by atoms with Gasteiger partial charge in [-0.2, -0.15) is 27.7 Å². The third-order valence-electron chi connectivity index (χ3n) is 16.4. The van der Waals surface area contributed by atoms with Crippen LogP contribution in [0.1, 0.15) is 140 Å². The minimum absolute atomic E-state index is 0. The average molecular weight is 2180 g/mol. The molecule has 2 radical (unpaired) electrons. The molecule has 9 heterocycles. The maximum Gasteiger partial charge on any atom is 2.00 e. The van der Waals surface area contributed by atoms with Crippen LogP contribution in [0.15, 0.2) is 49.1 Å². The molecule has 5 aliphatic rings. The predicted molar refractivity (Wildman–Crippen MR) is 376 cm³/mol. The number of carboxylic acid groups (broad SMARTS) is 1. The Morgan fingerprint density at radius 1 is 0.554 bits per heavy atom. The molecular weight excluding hydrogens is 2080 g/mol. The summed E-state index contributed by atoms with van der Waals surface area (Å²) in [7, 11) is 0. The number of halogens is 1. The Balaban J connectivity index is -0.000000270. The third-order valence-corrected chi connectivity index (χ3v) is 16.5. The van der Waals surface area contributed by atoms with Gasteiger partial charge < -0.3 is 129 Å². The maximum atomic E-state index is 12.5. The second kappa shape index (κ2) is 56.7. The molecule has 0 bridgehead atoms. The monoisotopic (exact) mass is 2180 g/mol. The molecule has 5 aliphatic heterocycles. The van der Waals surface area contributed by atoms with Crippen molar-refractivity contribution in [2.45, 2.75) is 151 Å². The van der Waals surface area contributed by atoms with Crippen LogP contribution in [0.5, 0.6) is 0 Å². The van der Waals surface area contributed by atoms with E-state index < -0.39 is 5.97 Å². The van der Waals surface area contributed by atoms with Gasteiger partial charge in [0.15, 0.2) is 0 Å². The van der Waals surface area contributed by atoms with E-state index in [-0.39, 0.29) is 230 Å². The Kier molecular flexibility index (Phi) is 60.8. The van der Waals surface area contributed by atoms with Crippen LogP contribution in [0.3, 0.4) is 0 Å². The van der Waals surface area contributed by atoms with Crippen LogP contribution >= 0.6 is 11.6 Å². The van der Waals surface area contributed by atoms with Crippen molar-refractivity contribution >= 4 is 82.5 Å². The van der Waals surface area contributed by atoms with Crippen LogP contribution in [0.25, 0.3) is 23.4 Å². The summed E-state index contributed by atoms with van der Waals surface area (Å²) in [5.41, 5.74) is 27.5. The molecular formula is C66H108ClN19O9V2W4-4. The van der Waals surface area contributed by atoms with Gasteiger partial charge >= 0.3 is 61.0 Å². The number of nitrogens with zero attached hydrogens (tertiary/aromatic N) is 12. The van der Waals surface area contributed by atoms with Crippen LogP contribution in [0.4, 0.5) is 41.1 Å². The standard InChI is InChI=1S/C16H26N5O.C12H16ClN3O2.C12H17N4O2.C10H14N4O2.C8H15NO2.C6H14N.2CH3.H2N.2V.4W/c1-11(2)16(3,4)20-14(22)12-6-5-9-21(10-12)13-7-8-18-15(17)19-13;2*1-2-18-11(17)9-4-3-7-16(8-9)10-5-6-14-12(13)15-10;11-10-12-4-3-8(13-10)14-5-1-2-7(6-14)9(15)16;1-2-11-8(10)7-4-3-5-9-6-7;1-5(2)6(3,4)7;;;;;;;;;/h7-8,12H,5-6,9-10H2,1-4H3,(H3,17,18,19,20,22);5-6,9H,2-4,7-8H2,1H3;5-6,9H,2-4,7-8H2,1H3,(H-,13,14,15);3-4,7H,1-2,5-6H2,(H3,11,12,13,15,16);7,9H,2-6H2,1H3;7H2,1-4H3;2*1H3;1H2;;;;;;/q-1;;-1;;;4*-1;2*+2;;;;/p-2. The summed E-state index contributed by atoms with van der Waals surface area (Å²) in [5.74, 6) is 3.88. The van der Waals surface area contributed by atoms with Gasteiger partial charge in [-0.25, -0.2) is 9.97 Å². The van der Waals surface area contributed by atoms with Gasteiger partial charge in [-0.15, -0.1) is 5.54 Å². The zero-order chi connectivity index (χ0) is 68.0. The largest absolute Gasteiger partial charge is 2.00 e. The summed E-state index contributed by atoms with van der Waals surface area (Å²) < 4.78 is 15.0. The molecule has 5 fully saturated rings. The molecule has 0 spiro atoms. The number of rotatable bonds is 15. The molecule has 0 aliphatic carbocycles. The molecule has 9 rings (SSSR count). The van der Waals surface area contributed by atoms with Crippen LogP contribution < -0.4 is 36.0 Å². The van der Waals surface area contributed by atoms with Gasteiger partial charge in [0.25, 0.3) is 0 Å². The van der Waals surface area contributed by atoms with Gasteiger partial charge in [-0.3, -0.25) is 29.9 Å². The molecule has 101 heavy (non-hydrogen) atoms. The number of nitrogens with two attached hydrogens (primary N) is 2. The molecule has 5 saturated heterocycles. The normalized spacial score (nSPS) is 18.1. The number of aliphatic carboxylic acids is 1. The first-order valence-corrected chi connectivity index (χ1v) is 32.3. The second-order valence-electron chi connectivity index (χ2n) is 24.5. The molecule has 35 heteroatoms. The number of nitrogens with one attached hydrogen (secondary N) is 5. The van der Waals surface area contributed by atoms with Crippen molar-refractivity contribution in [1.82, 2.24) is 50.5 Å². The Morgan fingerprint density at radius 3 is 1.17 bits per heavy atom. The zero-order valence-electron chi connectivity index (χ0n) is 60.9. The minimum Gasteiger partial charge on any atom is -0.693 e. The first-order chi connectivity index (χ1) is 43.6. The molecule has 0 aromatic carbocycles. The van der Waals surface area contributed by atoms with E-state index in [2.05, 4.69) is 60.3 Å². The number of piperidine rings is 5. The number of ether oxygens (including phenoxy) is 3. The van der Waals surface area contributed by atoms with Crippen molar-refractivity contribution in [3.05, 3.63) is 104 Å². The fourth-order valence-corrected chi connectivity index (χ4v) is 10.1. The SMILES string of the molecule is CCOC(=O)C1CCCN(c2ccnc(Cl)n2)C1.CCOC(=O)C1CCCN(c2ccnc([NH-])n2)C1.CCOC(=O)C1CCCNC1.C[C-](C)C(C)(C)N.C[C-](C)C(C)(C)NC(=O)C1CCCN(c2ccnc([NH-])n2)C1.[CH3-].[CH3-].[NH-]c1nccc(N2CCCC(C(=O)O)C2)n1.[NH2-].[V+2].[V+2].[W].[W].[W].[W]. The summed E-state index contributed by atoms with van der Waals surface area (Å²) in [6.45, 7) is 30.6. The zero-order valence-corrected chi connectivity index (χ0v) is 76.2. The smallest absolute Gasteiger partial charge is 0.693 e. The van der Waals surface area contributed by atoms with E-state index in [0.29, 0.717) is 64.1 Å². The van der Waals surface area contributed by atoms with Gasteiger partial charge in [-0.05, 0) is 146 Å². The van der Waals surface area contributed by atoms with Crippen molar-refractivity contribution in [2.75, 3.05) is 105 Å². The number of hydrogen-bond donors (Lipinski definition) is 4. The number of carbonyl (C=O) groups is 5. The van der Waals surface area contributed by atoms with Crippen LogP contribution in [0.2, 0.25) is 5.28 Å². The number of anilines is 4. The number of aromatic nitrogens is 8. The van der Waals surface area contributed by atoms with E-state index >= 15 is 0 Å². The minimum atomic E-state index is -0.759. The first kappa shape index (κ1) is 108. The molecule has 28 nitrogen and oxygen atoms in total. The van der Waals surface area contributed by atoms with Gasteiger partial charge in [0, 0.05) is 167 Å². The Morgan fingerprint density at radius 2 is 0.861 bits per heavy atom. The topological polar surface area (TPSA) is 404 Å².